The van der Waals surface area contributed by atoms with Crippen LogP contribution in [0.3, 0.4) is 0 Å². The summed E-state index contributed by atoms with van der Waals surface area (Å²) in [5.41, 5.74) is 5.28. The highest BCUT2D eigenvalue weighted by atomic mass is 16.5. The monoisotopic (exact) mass is 255 g/mol. The lowest BCUT2D eigenvalue weighted by atomic mass is 10.4. The van der Waals surface area contributed by atoms with Crippen molar-refractivity contribution >= 4 is 23.8 Å². The number of hydrogen-bond acceptors (Lipinski definition) is 5. The van der Waals surface area contributed by atoms with Crippen molar-refractivity contribution in [1.82, 2.24) is 4.90 Å². The Morgan fingerprint density at radius 3 is 2.44 bits per heavy atom. The Bertz CT molecular complexity index is 376. The minimum Gasteiger partial charge on any atom is -0.408 e. The molecule has 0 heterocycles. The second-order valence-electron chi connectivity index (χ2n) is 3.23. The summed E-state index contributed by atoms with van der Waals surface area (Å²) in [6, 6.07) is -0.804. The van der Waals surface area contributed by atoms with Gasteiger partial charge >= 0.3 is 12.0 Å². The number of rotatable bonds is 4. The summed E-state index contributed by atoms with van der Waals surface area (Å²) in [5.74, 6) is -1.26. The van der Waals surface area contributed by atoms with Crippen LogP contribution < -0.4 is 5.73 Å². The van der Waals surface area contributed by atoms with Crippen molar-refractivity contribution in [2.45, 2.75) is 20.3 Å². The van der Waals surface area contributed by atoms with E-state index in [0.717, 1.165) is 11.0 Å². The number of carbonyl (C=O) groups is 3. The molecule has 0 radical (unpaired) electrons. The van der Waals surface area contributed by atoms with Crippen LogP contribution in [-0.4, -0.2) is 41.8 Å². The summed E-state index contributed by atoms with van der Waals surface area (Å²) < 4.78 is 4.73. The lowest BCUT2D eigenvalue weighted by Gasteiger charge is -2.15. The molecule has 0 unspecified atom stereocenters. The molecule has 2 N–H and O–H groups in total. The highest BCUT2D eigenvalue weighted by Crippen LogP contribution is 1.98. The van der Waals surface area contributed by atoms with Crippen molar-refractivity contribution in [3.05, 3.63) is 12.7 Å². The SMILES string of the molecule is C=CC(=O)OC(CC)=NC(=O)N(CCN)C(C)=O. The van der Waals surface area contributed by atoms with Crippen LogP contribution in [-0.2, 0) is 14.3 Å². The topological polar surface area (TPSA) is 102 Å². The van der Waals surface area contributed by atoms with Gasteiger partial charge < -0.3 is 10.5 Å². The maximum atomic E-state index is 11.7. The van der Waals surface area contributed by atoms with Crippen LogP contribution in [0.1, 0.15) is 20.3 Å². The van der Waals surface area contributed by atoms with Crippen molar-refractivity contribution in [1.29, 1.82) is 0 Å². The Kier molecular flexibility index (Phi) is 7.22. The van der Waals surface area contributed by atoms with E-state index < -0.39 is 17.9 Å². The molecule has 0 spiro atoms. The molecule has 7 nitrogen and oxygen atoms in total. The number of imide groups is 1. The number of amides is 3. The second kappa shape index (κ2) is 8.13. The van der Waals surface area contributed by atoms with Gasteiger partial charge in [-0.15, -0.1) is 0 Å². The number of nitrogens with zero attached hydrogens (tertiary/aromatic N) is 2. The molecule has 0 bridgehead atoms. The first kappa shape index (κ1) is 16.0. The van der Waals surface area contributed by atoms with Crippen LogP contribution in [0.4, 0.5) is 4.79 Å². The third-order valence-electron chi connectivity index (χ3n) is 1.87. The van der Waals surface area contributed by atoms with Gasteiger partial charge in [0.2, 0.25) is 11.8 Å². The molecule has 0 aliphatic rings. The van der Waals surface area contributed by atoms with E-state index in [9.17, 15) is 14.4 Å². The smallest absolute Gasteiger partial charge is 0.353 e. The first-order valence-electron chi connectivity index (χ1n) is 5.40. The van der Waals surface area contributed by atoms with E-state index in [1.807, 2.05) is 0 Å². The zero-order chi connectivity index (χ0) is 14.1. The van der Waals surface area contributed by atoms with Gasteiger partial charge in [-0.1, -0.05) is 13.5 Å². The molecule has 3 amide bonds. The zero-order valence-corrected chi connectivity index (χ0v) is 10.5. The van der Waals surface area contributed by atoms with E-state index in [1.54, 1.807) is 6.92 Å². The first-order chi connectivity index (χ1) is 8.46. The maximum absolute atomic E-state index is 11.7. The average Bonchev–Trinajstić information content (AvgIpc) is 2.33. The van der Waals surface area contributed by atoms with Crippen LogP contribution in [0.5, 0.6) is 0 Å². The number of ether oxygens (including phenoxy) is 1. The van der Waals surface area contributed by atoms with E-state index in [1.165, 1.54) is 6.92 Å². The Morgan fingerprint density at radius 2 is 2.06 bits per heavy atom. The predicted octanol–water partition coefficient (Wildman–Crippen LogP) is 0.451. The van der Waals surface area contributed by atoms with Crippen LogP contribution in [0, 0.1) is 0 Å². The van der Waals surface area contributed by atoms with Crippen molar-refractivity contribution in [3.8, 4) is 0 Å². The third kappa shape index (κ3) is 5.35. The van der Waals surface area contributed by atoms with Crippen LogP contribution in [0.15, 0.2) is 17.6 Å². The van der Waals surface area contributed by atoms with Gasteiger partial charge in [-0.2, -0.15) is 4.99 Å². The lowest BCUT2D eigenvalue weighted by molar-refractivity contribution is -0.130. The zero-order valence-electron chi connectivity index (χ0n) is 10.5. The van der Waals surface area contributed by atoms with E-state index in [4.69, 9.17) is 10.5 Å². The minimum atomic E-state index is -0.804. The van der Waals surface area contributed by atoms with Crippen molar-refractivity contribution in [2.75, 3.05) is 13.1 Å². The highest BCUT2D eigenvalue weighted by Gasteiger charge is 2.17. The molecule has 0 saturated carbocycles. The quantitative estimate of drug-likeness (QED) is 0.340. The molecular weight excluding hydrogens is 238 g/mol. The fraction of sp³-hybridized carbons (Fsp3) is 0.455. The summed E-state index contributed by atoms with van der Waals surface area (Å²) in [6.45, 7) is 6.30. The molecule has 0 fully saturated rings. The van der Waals surface area contributed by atoms with Crippen LogP contribution >= 0.6 is 0 Å². The van der Waals surface area contributed by atoms with Gasteiger partial charge in [0.1, 0.15) is 0 Å². The van der Waals surface area contributed by atoms with Gasteiger partial charge in [0, 0.05) is 32.5 Å². The van der Waals surface area contributed by atoms with Gasteiger partial charge in [0.05, 0.1) is 0 Å². The summed E-state index contributed by atoms with van der Waals surface area (Å²) in [5, 5.41) is 0. The number of aliphatic imine (C=N–C) groups is 1. The molecule has 100 valence electrons. The Morgan fingerprint density at radius 1 is 1.44 bits per heavy atom. The van der Waals surface area contributed by atoms with Gasteiger partial charge in [0.15, 0.2) is 0 Å². The van der Waals surface area contributed by atoms with Crippen LogP contribution in [0.25, 0.3) is 0 Å². The summed E-state index contributed by atoms with van der Waals surface area (Å²) in [6.07, 6.45) is 1.19. The first-order valence-corrected chi connectivity index (χ1v) is 5.40. The molecule has 0 aromatic rings. The largest absolute Gasteiger partial charge is 0.408 e. The van der Waals surface area contributed by atoms with E-state index in [2.05, 4.69) is 11.6 Å². The molecule has 0 aliphatic heterocycles. The van der Waals surface area contributed by atoms with E-state index in [0.29, 0.717) is 0 Å². The Labute approximate surface area is 105 Å². The molecule has 0 aromatic heterocycles. The van der Waals surface area contributed by atoms with Crippen molar-refractivity contribution in [3.63, 3.8) is 0 Å². The number of hydrogen-bond donors (Lipinski definition) is 1. The van der Waals surface area contributed by atoms with E-state index >= 15 is 0 Å². The molecule has 7 heteroatoms. The number of esters is 1. The number of carbonyl (C=O) groups excluding carboxylic acids is 3. The standard InChI is InChI=1S/C11H17N3O4/c1-4-9(18-10(16)5-2)13-11(17)14(7-6-12)8(3)15/h5H,2,4,6-7,12H2,1,3H3. The van der Waals surface area contributed by atoms with Gasteiger partial charge in [0.25, 0.3) is 0 Å². The van der Waals surface area contributed by atoms with Gasteiger partial charge in [-0.25, -0.2) is 9.59 Å². The Balaban J connectivity index is 4.87. The van der Waals surface area contributed by atoms with Crippen molar-refractivity contribution < 1.29 is 19.1 Å². The second-order valence-corrected chi connectivity index (χ2v) is 3.23. The third-order valence-corrected chi connectivity index (χ3v) is 1.87. The van der Waals surface area contributed by atoms with E-state index in [-0.39, 0.29) is 25.4 Å². The fourth-order valence-corrected chi connectivity index (χ4v) is 1.02. The summed E-state index contributed by atoms with van der Waals surface area (Å²) in [4.78, 5) is 38.2. The average molecular weight is 255 g/mol. The molecule has 0 rings (SSSR count). The summed E-state index contributed by atoms with van der Waals surface area (Å²) >= 11 is 0. The molecule has 0 aliphatic carbocycles. The minimum absolute atomic E-state index is 0.0596. The summed E-state index contributed by atoms with van der Waals surface area (Å²) in [7, 11) is 0. The van der Waals surface area contributed by atoms with Gasteiger partial charge in [-0.05, 0) is 0 Å². The van der Waals surface area contributed by atoms with Crippen LogP contribution in [0.2, 0.25) is 0 Å². The van der Waals surface area contributed by atoms with Crippen molar-refractivity contribution in [2.24, 2.45) is 10.7 Å². The molecule has 18 heavy (non-hydrogen) atoms. The fourth-order valence-electron chi connectivity index (χ4n) is 1.02. The maximum Gasteiger partial charge on any atom is 0.353 e. The molecular formula is C11H17N3O4. The molecule has 0 saturated heterocycles. The molecule has 0 atom stereocenters. The highest BCUT2D eigenvalue weighted by molar-refractivity contribution is 6.02. The molecule has 0 aromatic carbocycles. The number of nitrogens with two attached hydrogens (primary N) is 1. The van der Waals surface area contributed by atoms with Gasteiger partial charge in [-0.3, -0.25) is 9.69 Å². The number of urea groups is 1. The predicted molar refractivity (Wildman–Crippen MR) is 65.9 cm³/mol. The normalized spacial score (nSPS) is 10.7. The Hall–Kier alpha value is -2.02. The lowest BCUT2D eigenvalue weighted by Crippen LogP contribution is -2.37.